The molecule has 0 aliphatic carbocycles. The van der Waals surface area contributed by atoms with Gasteiger partial charge in [0.1, 0.15) is 0 Å². The first-order valence-corrected chi connectivity index (χ1v) is 8.38. The summed E-state index contributed by atoms with van der Waals surface area (Å²) in [6.07, 6.45) is 4.00. The van der Waals surface area contributed by atoms with Gasteiger partial charge in [0.15, 0.2) is 0 Å². The van der Waals surface area contributed by atoms with Gasteiger partial charge in [-0.3, -0.25) is 14.9 Å². The fourth-order valence-electron chi connectivity index (χ4n) is 3.35. The van der Waals surface area contributed by atoms with Gasteiger partial charge < -0.3 is 4.90 Å². The molecule has 6 nitrogen and oxygen atoms in total. The largest absolute Gasteiger partial charge is 0.342 e. The Balaban J connectivity index is 1.76. The smallest absolute Gasteiger partial charge is 0.252 e. The normalized spacial score (nSPS) is 18.4. The van der Waals surface area contributed by atoms with E-state index in [0.29, 0.717) is 5.92 Å². The molecule has 2 aromatic rings. The minimum atomic E-state index is -0.0659. The van der Waals surface area contributed by atoms with Gasteiger partial charge in [-0.15, -0.1) is 0 Å². The van der Waals surface area contributed by atoms with Crippen molar-refractivity contribution >= 4 is 5.95 Å². The molecule has 23 heavy (non-hydrogen) atoms. The number of H-pyrrole nitrogens is 2. The van der Waals surface area contributed by atoms with Crippen LogP contribution in [0.15, 0.2) is 10.9 Å². The summed E-state index contributed by atoms with van der Waals surface area (Å²) in [7, 11) is 0. The van der Waals surface area contributed by atoms with E-state index in [-0.39, 0.29) is 5.56 Å². The summed E-state index contributed by atoms with van der Waals surface area (Å²) in [6, 6.07) is 1.61. The van der Waals surface area contributed by atoms with Crippen molar-refractivity contribution in [2.45, 2.75) is 46.5 Å². The minimum Gasteiger partial charge on any atom is -0.342 e. The summed E-state index contributed by atoms with van der Waals surface area (Å²) in [5.74, 6) is 1.37. The molecular formula is C17H25N5O. The first-order valence-electron chi connectivity index (χ1n) is 8.38. The van der Waals surface area contributed by atoms with Crippen LogP contribution in [0.3, 0.4) is 0 Å². The van der Waals surface area contributed by atoms with Gasteiger partial charge in [-0.2, -0.15) is 5.10 Å². The molecule has 6 heteroatoms. The second kappa shape index (κ2) is 6.56. The lowest BCUT2D eigenvalue weighted by Crippen LogP contribution is -2.36. The average Bonchev–Trinajstić information content (AvgIpc) is 2.83. The van der Waals surface area contributed by atoms with E-state index in [1.54, 1.807) is 6.07 Å². The zero-order valence-electron chi connectivity index (χ0n) is 14.1. The number of anilines is 1. The molecule has 1 fully saturated rings. The molecule has 0 bridgehead atoms. The number of hydrogen-bond donors (Lipinski definition) is 2. The Hall–Kier alpha value is -2.11. The predicted octanol–water partition coefficient (Wildman–Crippen LogP) is 2.13. The van der Waals surface area contributed by atoms with Gasteiger partial charge in [0.25, 0.3) is 5.56 Å². The Morgan fingerprint density at radius 2 is 2.17 bits per heavy atom. The third-order valence-corrected chi connectivity index (χ3v) is 4.65. The topological polar surface area (TPSA) is 77.7 Å². The maximum atomic E-state index is 12.0. The van der Waals surface area contributed by atoms with Crippen LogP contribution in [0.1, 0.15) is 42.4 Å². The highest BCUT2D eigenvalue weighted by molar-refractivity contribution is 5.32. The molecule has 0 aromatic carbocycles. The molecule has 2 N–H and O–H groups in total. The van der Waals surface area contributed by atoms with E-state index in [0.717, 1.165) is 55.4 Å². The van der Waals surface area contributed by atoms with Gasteiger partial charge in [0, 0.05) is 24.8 Å². The molecule has 3 heterocycles. The quantitative estimate of drug-likeness (QED) is 0.906. The van der Waals surface area contributed by atoms with Crippen LogP contribution in [0.2, 0.25) is 0 Å². The number of aryl methyl sites for hydroxylation is 3. The van der Waals surface area contributed by atoms with Crippen LogP contribution in [0.4, 0.5) is 5.95 Å². The Labute approximate surface area is 136 Å². The Morgan fingerprint density at radius 3 is 2.87 bits per heavy atom. The van der Waals surface area contributed by atoms with Gasteiger partial charge in [-0.25, -0.2) is 4.98 Å². The molecule has 1 aliphatic heterocycles. The summed E-state index contributed by atoms with van der Waals surface area (Å²) in [6.45, 7) is 8.22. The van der Waals surface area contributed by atoms with Gasteiger partial charge in [0.2, 0.25) is 5.95 Å². The fourth-order valence-corrected chi connectivity index (χ4v) is 3.35. The maximum absolute atomic E-state index is 12.0. The lowest BCUT2D eigenvalue weighted by Gasteiger charge is -2.31. The molecule has 1 saturated heterocycles. The van der Waals surface area contributed by atoms with Gasteiger partial charge >= 0.3 is 0 Å². The highest BCUT2D eigenvalue weighted by atomic mass is 16.1. The molecule has 0 amide bonds. The first-order chi connectivity index (χ1) is 11.0. The van der Waals surface area contributed by atoms with Crippen LogP contribution in [0, 0.1) is 19.8 Å². The molecule has 3 rings (SSSR count). The Bertz CT molecular complexity index is 713. The number of aromatic nitrogens is 4. The van der Waals surface area contributed by atoms with Crippen molar-refractivity contribution in [3.8, 4) is 0 Å². The van der Waals surface area contributed by atoms with E-state index in [2.05, 4.69) is 27.0 Å². The Kier molecular flexibility index (Phi) is 4.50. The lowest BCUT2D eigenvalue weighted by atomic mass is 10.0. The van der Waals surface area contributed by atoms with Crippen molar-refractivity contribution in [1.29, 1.82) is 0 Å². The molecule has 1 aliphatic rings. The Morgan fingerprint density at radius 1 is 1.35 bits per heavy atom. The lowest BCUT2D eigenvalue weighted by molar-refractivity contribution is 0.441. The van der Waals surface area contributed by atoms with E-state index >= 15 is 0 Å². The van der Waals surface area contributed by atoms with E-state index in [4.69, 9.17) is 4.98 Å². The van der Waals surface area contributed by atoms with Gasteiger partial charge in [0.05, 0.1) is 11.4 Å². The molecular weight excluding hydrogens is 290 g/mol. The van der Waals surface area contributed by atoms with Gasteiger partial charge in [-0.1, -0.05) is 6.92 Å². The van der Waals surface area contributed by atoms with Crippen molar-refractivity contribution in [2.24, 2.45) is 5.92 Å². The summed E-state index contributed by atoms with van der Waals surface area (Å²) >= 11 is 0. The van der Waals surface area contributed by atoms with E-state index in [1.807, 2.05) is 13.8 Å². The molecule has 124 valence electrons. The van der Waals surface area contributed by atoms with Crippen LogP contribution in [0.5, 0.6) is 0 Å². The number of nitrogens with zero attached hydrogens (tertiary/aromatic N) is 3. The van der Waals surface area contributed by atoms with E-state index in [9.17, 15) is 4.79 Å². The van der Waals surface area contributed by atoms with Crippen molar-refractivity contribution in [3.05, 3.63) is 39.1 Å². The zero-order chi connectivity index (χ0) is 16.4. The second-order valence-corrected chi connectivity index (χ2v) is 6.67. The van der Waals surface area contributed by atoms with Crippen LogP contribution in [-0.2, 0) is 12.8 Å². The molecule has 0 radical (unpaired) electrons. The summed E-state index contributed by atoms with van der Waals surface area (Å²) in [5.41, 5.74) is 4.13. The zero-order valence-corrected chi connectivity index (χ0v) is 14.1. The van der Waals surface area contributed by atoms with E-state index in [1.165, 1.54) is 12.0 Å². The maximum Gasteiger partial charge on any atom is 0.252 e. The molecule has 0 spiro atoms. The minimum absolute atomic E-state index is 0.0659. The number of piperidine rings is 1. The fraction of sp³-hybridized carbons (Fsp3) is 0.588. The molecule has 1 atom stereocenters. The third kappa shape index (κ3) is 3.63. The SMILES string of the molecule is Cc1n[nH]c(C)c1CCc1cc(=O)[nH]c(N2CCCC(C)C2)n1. The van der Waals surface area contributed by atoms with Crippen molar-refractivity contribution in [2.75, 3.05) is 18.0 Å². The number of nitrogens with one attached hydrogen (secondary N) is 2. The van der Waals surface area contributed by atoms with Crippen molar-refractivity contribution < 1.29 is 0 Å². The van der Waals surface area contributed by atoms with Crippen LogP contribution in [-0.4, -0.2) is 33.3 Å². The molecule has 1 unspecified atom stereocenters. The third-order valence-electron chi connectivity index (χ3n) is 4.65. The molecule has 0 saturated carbocycles. The standard InChI is InChI=1S/C17H25N5O/c1-11-5-4-8-22(10-11)17-18-14(9-16(23)19-17)6-7-15-12(2)20-21-13(15)3/h9,11H,4-8,10H2,1-3H3,(H,20,21)(H,18,19,23). The monoisotopic (exact) mass is 315 g/mol. The highest BCUT2D eigenvalue weighted by Gasteiger charge is 2.19. The van der Waals surface area contributed by atoms with Crippen LogP contribution >= 0.6 is 0 Å². The highest BCUT2D eigenvalue weighted by Crippen LogP contribution is 2.19. The second-order valence-electron chi connectivity index (χ2n) is 6.67. The molecule has 2 aromatic heterocycles. The number of rotatable bonds is 4. The van der Waals surface area contributed by atoms with Crippen LogP contribution in [0.25, 0.3) is 0 Å². The average molecular weight is 315 g/mol. The van der Waals surface area contributed by atoms with Gasteiger partial charge in [-0.05, 0) is 51.0 Å². The number of aromatic amines is 2. The predicted molar refractivity (Wildman–Crippen MR) is 90.9 cm³/mol. The first kappa shape index (κ1) is 15.8. The van der Waals surface area contributed by atoms with Crippen LogP contribution < -0.4 is 10.5 Å². The van der Waals surface area contributed by atoms with Crippen molar-refractivity contribution in [1.82, 2.24) is 20.2 Å². The van der Waals surface area contributed by atoms with E-state index < -0.39 is 0 Å². The number of hydrogen-bond acceptors (Lipinski definition) is 4. The van der Waals surface area contributed by atoms with Crippen molar-refractivity contribution in [3.63, 3.8) is 0 Å². The summed E-state index contributed by atoms with van der Waals surface area (Å²) in [4.78, 5) is 21.8. The summed E-state index contributed by atoms with van der Waals surface area (Å²) < 4.78 is 0. The summed E-state index contributed by atoms with van der Waals surface area (Å²) in [5, 5.41) is 7.23.